The van der Waals surface area contributed by atoms with Crippen LogP contribution in [0.1, 0.15) is 18.4 Å². The minimum absolute atomic E-state index is 0.229. The van der Waals surface area contributed by atoms with Crippen LogP contribution in [-0.4, -0.2) is 6.09 Å². The number of nitrogens with one attached hydrogen (secondary N) is 1. The summed E-state index contributed by atoms with van der Waals surface area (Å²) in [7, 11) is 0. The van der Waals surface area contributed by atoms with Gasteiger partial charge >= 0.3 is 6.09 Å². The Morgan fingerprint density at radius 1 is 0.947 bits per heavy atom. The summed E-state index contributed by atoms with van der Waals surface area (Å²) < 4.78 is 5.26. The van der Waals surface area contributed by atoms with Crippen LogP contribution in [0.15, 0.2) is 60.7 Å². The van der Waals surface area contributed by atoms with Crippen molar-refractivity contribution < 1.29 is 9.53 Å². The standard InChI is InChI=1S/C16H15NO2/c18-15(19-14-9-5-2-6-10-14)17-16(11-12-16)13-7-3-1-4-8-13/h1-10H,11-12H2,(H,17,18). The van der Waals surface area contributed by atoms with E-state index in [2.05, 4.69) is 5.32 Å². The molecule has 2 aromatic rings. The summed E-state index contributed by atoms with van der Waals surface area (Å²) in [5.74, 6) is 0.559. The van der Waals surface area contributed by atoms with E-state index in [9.17, 15) is 4.79 Å². The zero-order chi connectivity index (χ0) is 13.1. The van der Waals surface area contributed by atoms with E-state index < -0.39 is 6.09 Å². The molecule has 3 rings (SSSR count). The molecule has 0 radical (unpaired) electrons. The van der Waals surface area contributed by atoms with Crippen molar-refractivity contribution in [2.75, 3.05) is 0 Å². The molecule has 1 fully saturated rings. The molecule has 0 saturated heterocycles. The molecule has 2 aromatic carbocycles. The van der Waals surface area contributed by atoms with Crippen LogP contribution in [0.2, 0.25) is 0 Å². The van der Waals surface area contributed by atoms with Crippen molar-refractivity contribution in [3.63, 3.8) is 0 Å². The molecule has 3 nitrogen and oxygen atoms in total. The van der Waals surface area contributed by atoms with Gasteiger partial charge in [0.05, 0.1) is 5.54 Å². The van der Waals surface area contributed by atoms with Crippen LogP contribution in [0.4, 0.5) is 4.79 Å². The van der Waals surface area contributed by atoms with Gasteiger partial charge in [-0.25, -0.2) is 4.79 Å². The molecule has 0 aromatic heterocycles. The summed E-state index contributed by atoms with van der Waals surface area (Å²) in [5, 5.41) is 2.97. The smallest absolute Gasteiger partial charge is 0.410 e. The number of hydrogen-bond donors (Lipinski definition) is 1. The number of hydrogen-bond acceptors (Lipinski definition) is 2. The van der Waals surface area contributed by atoms with E-state index in [1.807, 2.05) is 48.5 Å². The van der Waals surface area contributed by atoms with E-state index in [1.165, 1.54) is 0 Å². The number of benzene rings is 2. The predicted molar refractivity (Wildman–Crippen MR) is 73.0 cm³/mol. The van der Waals surface area contributed by atoms with Gasteiger partial charge in [0.15, 0.2) is 0 Å². The molecule has 0 unspecified atom stereocenters. The molecule has 1 aliphatic carbocycles. The van der Waals surface area contributed by atoms with E-state index in [0.29, 0.717) is 5.75 Å². The molecule has 1 N–H and O–H groups in total. The second-order valence-corrected chi connectivity index (χ2v) is 4.78. The molecular formula is C16H15NO2. The summed E-state index contributed by atoms with van der Waals surface area (Å²) >= 11 is 0. The predicted octanol–water partition coefficient (Wildman–Crippen LogP) is 3.46. The van der Waals surface area contributed by atoms with Gasteiger partial charge in [-0.05, 0) is 30.5 Å². The van der Waals surface area contributed by atoms with Gasteiger partial charge in [-0.1, -0.05) is 48.5 Å². The fraction of sp³-hybridized carbons (Fsp3) is 0.188. The monoisotopic (exact) mass is 253 g/mol. The highest BCUT2D eigenvalue weighted by Gasteiger charge is 2.46. The Morgan fingerprint density at radius 2 is 1.53 bits per heavy atom. The van der Waals surface area contributed by atoms with Gasteiger partial charge in [0.25, 0.3) is 0 Å². The molecule has 0 heterocycles. The van der Waals surface area contributed by atoms with Gasteiger partial charge in [0, 0.05) is 0 Å². The first kappa shape index (κ1) is 11.8. The highest BCUT2D eigenvalue weighted by molar-refractivity contribution is 5.72. The van der Waals surface area contributed by atoms with E-state index in [4.69, 9.17) is 4.74 Å². The fourth-order valence-electron chi connectivity index (χ4n) is 2.18. The van der Waals surface area contributed by atoms with E-state index in [1.54, 1.807) is 12.1 Å². The molecular weight excluding hydrogens is 238 g/mol. The summed E-state index contributed by atoms with van der Waals surface area (Å²) in [6.45, 7) is 0. The maximum absolute atomic E-state index is 11.9. The van der Waals surface area contributed by atoms with Gasteiger partial charge in [0.1, 0.15) is 5.75 Å². The summed E-state index contributed by atoms with van der Waals surface area (Å²) in [4.78, 5) is 11.9. The average molecular weight is 253 g/mol. The number of ether oxygens (including phenoxy) is 1. The molecule has 0 bridgehead atoms. The van der Waals surface area contributed by atoms with Crippen molar-refractivity contribution in [3.8, 4) is 5.75 Å². The van der Waals surface area contributed by atoms with Crippen LogP contribution in [0, 0.1) is 0 Å². The van der Waals surface area contributed by atoms with E-state index >= 15 is 0 Å². The van der Waals surface area contributed by atoms with Crippen molar-refractivity contribution >= 4 is 6.09 Å². The minimum Gasteiger partial charge on any atom is -0.410 e. The molecule has 96 valence electrons. The van der Waals surface area contributed by atoms with Gasteiger partial charge in [-0.15, -0.1) is 0 Å². The molecule has 1 aliphatic rings. The van der Waals surface area contributed by atoms with E-state index in [0.717, 1.165) is 18.4 Å². The van der Waals surface area contributed by atoms with E-state index in [-0.39, 0.29) is 5.54 Å². The quantitative estimate of drug-likeness (QED) is 0.909. The zero-order valence-electron chi connectivity index (χ0n) is 10.5. The molecule has 1 saturated carbocycles. The summed E-state index contributed by atoms with van der Waals surface area (Å²) in [6, 6.07) is 19.1. The van der Waals surface area contributed by atoms with Gasteiger partial charge in [0.2, 0.25) is 0 Å². The lowest BCUT2D eigenvalue weighted by Gasteiger charge is -2.17. The van der Waals surface area contributed by atoms with Crippen molar-refractivity contribution in [2.24, 2.45) is 0 Å². The number of carbonyl (C=O) groups excluding carboxylic acids is 1. The summed E-state index contributed by atoms with van der Waals surface area (Å²) in [5.41, 5.74) is 0.910. The van der Waals surface area contributed by atoms with Crippen LogP contribution >= 0.6 is 0 Å². The topological polar surface area (TPSA) is 38.3 Å². The van der Waals surface area contributed by atoms with Crippen molar-refractivity contribution in [1.82, 2.24) is 5.32 Å². The second kappa shape index (κ2) is 4.76. The maximum Gasteiger partial charge on any atom is 0.413 e. The van der Waals surface area contributed by atoms with Crippen LogP contribution < -0.4 is 10.1 Å². The molecule has 0 aliphatic heterocycles. The van der Waals surface area contributed by atoms with Crippen LogP contribution in [0.25, 0.3) is 0 Å². The number of rotatable bonds is 3. The molecule has 3 heteroatoms. The Morgan fingerprint density at radius 3 is 2.11 bits per heavy atom. The Labute approximate surface area is 112 Å². The Kier molecular flexibility index (Phi) is 2.95. The number of amides is 1. The lowest BCUT2D eigenvalue weighted by atomic mass is 10.1. The highest BCUT2D eigenvalue weighted by Crippen LogP contribution is 2.45. The Bertz CT molecular complexity index is 562. The first-order valence-electron chi connectivity index (χ1n) is 6.39. The minimum atomic E-state index is -0.396. The third-order valence-corrected chi connectivity index (χ3v) is 3.37. The van der Waals surface area contributed by atoms with Crippen LogP contribution in [-0.2, 0) is 5.54 Å². The number of carbonyl (C=O) groups is 1. The highest BCUT2D eigenvalue weighted by atomic mass is 16.6. The maximum atomic E-state index is 11.9. The average Bonchev–Trinajstić information content (AvgIpc) is 3.21. The number of para-hydroxylation sites is 1. The first-order chi connectivity index (χ1) is 9.28. The third-order valence-electron chi connectivity index (χ3n) is 3.37. The molecule has 1 amide bonds. The van der Waals surface area contributed by atoms with Crippen molar-refractivity contribution in [3.05, 3.63) is 66.2 Å². The molecule has 19 heavy (non-hydrogen) atoms. The largest absolute Gasteiger partial charge is 0.413 e. The van der Waals surface area contributed by atoms with Gasteiger partial charge in [-0.2, -0.15) is 0 Å². The normalized spacial score (nSPS) is 15.6. The lowest BCUT2D eigenvalue weighted by Crippen LogP contribution is -2.36. The van der Waals surface area contributed by atoms with Crippen molar-refractivity contribution in [1.29, 1.82) is 0 Å². The fourth-order valence-corrected chi connectivity index (χ4v) is 2.18. The van der Waals surface area contributed by atoms with Crippen LogP contribution in [0.3, 0.4) is 0 Å². The second-order valence-electron chi connectivity index (χ2n) is 4.78. The molecule has 0 atom stereocenters. The zero-order valence-corrected chi connectivity index (χ0v) is 10.5. The third kappa shape index (κ3) is 2.60. The van der Waals surface area contributed by atoms with Gasteiger partial charge in [-0.3, -0.25) is 0 Å². The lowest BCUT2D eigenvalue weighted by molar-refractivity contribution is 0.194. The molecule has 0 spiro atoms. The summed E-state index contributed by atoms with van der Waals surface area (Å²) in [6.07, 6.45) is 1.52. The van der Waals surface area contributed by atoms with Gasteiger partial charge < -0.3 is 10.1 Å². The Hall–Kier alpha value is -2.29. The van der Waals surface area contributed by atoms with Crippen LogP contribution in [0.5, 0.6) is 5.75 Å². The SMILES string of the molecule is O=C(NC1(c2ccccc2)CC1)Oc1ccccc1. The van der Waals surface area contributed by atoms with Crippen molar-refractivity contribution in [2.45, 2.75) is 18.4 Å². The Balaban J connectivity index is 1.67. The first-order valence-corrected chi connectivity index (χ1v) is 6.39.